The monoisotopic (exact) mass is 434 g/mol. The molecule has 2 aromatic heterocycles. The van der Waals surface area contributed by atoms with Crippen molar-refractivity contribution >= 4 is 40.8 Å². The molecule has 1 unspecified atom stereocenters. The van der Waals surface area contributed by atoms with Crippen LogP contribution in [0.2, 0.25) is 0 Å². The van der Waals surface area contributed by atoms with Crippen molar-refractivity contribution in [3.05, 3.63) is 46.0 Å². The van der Waals surface area contributed by atoms with E-state index in [1.165, 1.54) is 26.1 Å². The summed E-state index contributed by atoms with van der Waals surface area (Å²) in [5, 5.41) is 12.0. The van der Waals surface area contributed by atoms with Gasteiger partial charge in [-0.15, -0.1) is 0 Å². The van der Waals surface area contributed by atoms with E-state index in [0.29, 0.717) is 5.16 Å². The Morgan fingerprint density at radius 2 is 1.97 bits per heavy atom. The molecule has 158 valence electrons. The van der Waals surface area contributed by atoms with Crippen LogP contribution < -0.4 is 16.6 Å². The summed E-state index contributed by atoms with van der Waals surface area (Å²) in [4.78, 5) is 43.8. The average molecular weight is 434 g/mol. The summed E-state index contributed by atoms with van der Waals surface area (Å²) in [5.41, 5.74) is 6.39. The predicted octanol–water partition coefficient (Wildman–Crippen LogP) is 0.581. The Morgan fingerprint density at radius 1 is 1.30 bits per heavy atom. The number of amides is 1. The van der Waals surface area contributed by atoms with Crippen LogP contribution >= 0.6 is 11.8 Å². The normalized spacial score (nSPS) is 12.1. The molecule has 0 aliphatic heterocycles. The van der Waals surface area contributed by atoms with Gasteiger partial charge >= 0.3 is 5.97 Å². The second kappa shape index (κ2) is 8.53. The zero-order valence-electron chi connectivity index (χ0n) is 16.1. The van der Waals surface area contributed by atoms with E-state index in [-0.39, 0.29) is 35.2 Å². The van der Waals surface area contributed by atoms with E-state index in [9.17, 15) is 23.9 Å². The third-order valence-electron chi connectivity index (χ3n) is 4.29. The molecule has 0 saturated carbocycles. The number of carboxylic acid groups (broad SMARTS) is 1. The summed E-state index contributed by atoms with van der Waals surface area (Å²) in [5.74, 6) is -2.11. The fourth-order valence-electron chi connectivity index (χ4n) is 2.73. The number of halogens is 1. The minimum Gasteiger partial charge on any atom is -0.480 e. The second-order valence-corrected chi connectivity index (χ2v) is 7.50. The minimum absolute atomic E-state index is 0.00837. The van der Waals surface area contributed by atoms with Gasteiger partial charge in [-0.25, -0.2) is 14.2 Å². The number of aliphatic carboxylic acids is 1. The Balaban J connectivity index is 2.04. The molecule has 0 aliphatic carbocycles. The lowest BCUT2D eigenvalue weighted by molar-refractivity contribution is -0.140. The maximum atomic E-state index is 13.3. The number of carbonyl (C=O) groups excluding carboxylic acids is 1. The number of aromatic nitrogens is 4. The number of carbonyl (C=O) groups is 2. The number of hydrogen-bond donors (Lipinski definition) is 3. The number of carboxylic acids is 1. The fourth-order valence-corrected chi connectivity index (χ4v) is 3.73. The van der Waals surface area contributed by atoms with Crippen molar-refractivity contribution in [3.63, 3.8) is 0 Å². The smallest absolute Gasteiger partial charge is 0.327 e. The van der Waals surface area contributed by atoms with Crippen LogP contribution in [0.4, 0.5) is 10.3 Å². The summed E-state index contributed by atoms with van der Waals surface area (Å²) in [6, 6.07) is 4.63. The molecule has 3 rings (SSSR count). The number of hydrogen-bond acceptors (Lipinski definition) is 7. The molecule has 10 nitrogen and oxygen atoms in total. The van der Waals surface area contributed by atoms with Gasteiger partial charge in [0.1, 0.15) is 11.9 Å². The van der Waals surface area contributed by atoms with Crippen molar-refractivity contribution in [3.8, 4) is 0 Å². The highest BCUT2D eigenvalue weighted by Crippen LogP contribution is 2.24. The number of nitrogen functional groups attached to an aromatic ring is 1. The Labute approximate surface area is 173 Å². The molecule has 4 N–H and O–H groups in total. The molecule has 1 aromatic carbocycles. The number of nitrogens with one attached hydrogen (secondary N) is 1. The van der Waals surface area contributed by atoms with Gasteiger partial charge in [0.25, 0.3) is 5.56 Å². The van der Waals surface area contributed by atoms with Gasteiger partial charge in [0, 0.05) is 19.7 Å². The number of rotatable bonds is 7. The Morgan fingerprint density at radius 3 is 2.57 bits per heavy atom. The van der Waals surface area contributed by atoms with E-state index in [2.05, 4.69) is 15.3 Å². The van der Waals surface area contributed by atoms with Gasteiger partial charge in [-0.1, -0.05) is 23.9 Å². The first-order valence-corrected chi connectivity index (χ1v) is 9.75. The molecule has 0 fully saturated rings. The topological polar surface area (TPSA) is 145 Å². The summed E-state index contributed by atoms with van der Waals surface area (Å²) >= 11 is 1.05. The number of nitrogens with two attached hydrogens (primary N) is 1. The highest BCUT2D eigenvalue weighted by atomic mass is 32.2. The molecular weight excluding hydrogens is 415 g/mol. The van der Waals surface area contributed by atoms with Gasteiger partial charge in [-0.2, -0.15) is 4.98 Å². The summed E-state index contributed by atoms with van der Waals surface area (Å²) in [6.07, 6.45) is 0. The zero-order valence-corrected chi connectivity index (χ0v) is 16.9. The first-order valence-electron chi connectivity index (χ1n) is 8.77. The molecule has 0 bridgehead atoms. The molecule has 0 radical (unpaired) electrons. The van der Waals surface area contributed by atoms with E-state index in [0.717, 1.165) is 21.9 Å². The lowest BCUT2D eigenvalue weighted by Crippen LogP contribution is -2.41. The molecule has 3 aromatic rings. The standard InChI is InChI=1S/C18H19FN6O4S/c1-9(26)21-12(16(28)29)8-30-18-22-13-14(23-17(20)24(2)15(13)27)25(18)7-10-3-5-11(19)6-4-10/h3-6,12H,7-8H2,1-2H3,(H2,20,23)(H,21,26)(H,28,29). The molecule has 2 heterocycles. The highest BCUT2D eigenvalue weighted by Gasteiger charge is 2.23. The minimum atomic E-state index is -1.20. The van der Waals surface area contributed by atoms with Crippen LogP contribution in [0.5, 0.6) is 0 Å². The molecule has 0 saturated heterocycles. The lowest BCUT2D eigenvalue weighted by atomic mass is 10.2. The van der Waals surface area contributed by atoms with Gasteiger partial charge in [0.15, 0.2) is 16.3 Å². The van der Waals surface area contributed by atoms with Gasteiger partial charge in [-0.05, 0) is 17.7 Å². The van der Waals surface area contributed by atoms with Crippen LogP contribution in [0.25, 0.3) is 11.2 Å². The van der Waals surface area contributed by atoms with E-state index < -0.39 is 23.5 Å². The van der Waals surface area contributed by atoms with Crippen molar-refractivity contribution in [2.75, 3.05) is 11.5 Å². The Kier molecular flexibility index (Phi) is 6.06. The first-order chi connectivity index (χ1) is 14.2. The maximum absolute atomic E-state index is 13.3. The van der Waals surface area contributed by atoms with Gasteiger partial charge in [0.05, 0.1) is 6.54 Å². The zero-order chi connectivity index (χ0) is 22.0. The van der Waals surface area contributed by atoms with Crippen molar-refractivity contribution < 1.29 is 19.1 Å². The predicted molar refractivity (Wildman–Crippen MR) is 109 cm³/mol. The number of thioether (sulfide) groups is 1. The van der Waals surface area contributed by atoms with Crippen molar-refractivity contribution in [1.82, 2.24) is 24.4 Å². The van der Waals surface area contributed by atoms with Crippen molar-refractivity contribution in [2.45, 2.75) is 24.7 Å². The molecule has 1 amide bonds. The molecule has 30 heavy (non-hydrogen) atoms. The molecule has 0 spiro atoms. The largest absolute Gasteiger partial charge is 0.480 e. The average Bonchev–Trinajstić information content (AvgIpc) is 3.02. The quantitative estimate of drug-likeness (QED) is 0.458. The van der Waals surface area contributed by atoms with Crippen LogP contribution in [0, 0.1) is 5.82 Å². The first kappa shape index (κ1) is 21.3. The van der Waals surface area contributed by atoms with E-state index in [1.54, 1.807) is 16.7 Å². The summed E-state index contributed by atoms with van der Waals surface area (Å²) in [6.45, 7) is 1.43. The van der Waals surface area contributed by atoms with Gasteiger partial charge in [0.2, 0.25) is 11.9 Å². The number of imidazole rings is 1. The van der Waals surface area contributed by atoms with Crippen LogP contribution in [0.15, 0.2) is 34.2 Å². The van der Waals surface area contributed by atoms with Crippen LogP contribution in [-0.2, 0) is 23.2 Å². The summed E-state index contributed by atoms with van der Waals surface area (Å²) in [7, 11) is 1.47. The van der Waals surface area contributed by atoms with Gasteiger partial charge in [-0.3, -0.25) is 18.7 Å². The number of fused-ring (bicyclic) bond motifs is 1. The summed E-state index contributed by atoms with van der Waals surface area (Å²) < 4.78 is 16.0. The van der Waals surface area contributed by atoms with Crippen LogP contribution in [0.3, 0.4) is 0 Å². The van der Waals surface area contributed by atoms with Crippen molar-refractivity contribution in [1.29, 1.82) is 0 Å². The molecule has 12 heteroatoms. The van der Waals surface area contributed by atoms with E-state index in [4.69, 9.17) is 5.73 Å². The molecule has 0 aliphatic rings. The second-order valence-electron chi connectivity index (χ2n) is 6.52. The molecular formula is C18H19FN6O4S. The SMILES string of the molecule is CC(=O)NC(CSc1nc2c(=O)n(C)c(N)nc2n1Cc1ccc(F)cc1)C(=O)O. The number of benzene rings is 1. The lowest BCUT2D eigenvalue weighted by Gasteiger charge is -2.13. The third-order valence-corrected chi connectivity index (χ3v) is 5.36. The Hall–Kier alpha value is -3.41. The number of nitrogens with zero attached hydrogens (tertiary/aromatic N) is 4. The maximum Gasteiger partial charge on any atom is 0.327 e. The third kappa shape index (κ3) is 4.43. The number of anilines is 1. The van der Waals surface area contributed by atoms with Crippen molar-refractivity contribution in [2.24, 2.45) is 7.05 Å². The fraction of sp³-hybridized carbons (Fsp3) is 0.278. The van der Waals surface area contributed by atoms with Crippen LogP contribution in [0.1, 0.15) is 12.5 Å². The van der Waals surface area contributed by atoms with Crippen LogP contribution in [-0.4, -0.2) is 47.9 Å². The Bertz CT molecular complexity index is 1170. The van der Waals surface area contributed by atoms with E-state index >= 15 is 0 Å². The van der Waals surface area contributed by atoms with Gasteiger partial charge < -0.3 is 16.2 Å². The highest BCUT2D eigenvalue weighted by molar-refractivity contribution is 7.99. The molecule has 1 atom stereocenters. The van der Waals surface area contributed by atoms with E-state index in [1.807, 2.05) is 0 Å².